The molecule has 124 valence electrons. The van der Waals surface area contributed by atoms with Gasteiger partial charge in [0.25, 0.3) is 0 Å². The van der Waals surface area contributed by atoms with Crippen LogP contribution in [0.1, 0.15) is 25.3 Å². The highest BCUT2D eigenvalue weighted by molar-refractivity contribution is 5.90. The second-order valence-electron chi connectivity index (χ2n) is 6.20. The number of hydrogen-bond acceptors (Lipinski definition) is 3. The van der Waals surface area contributed by atoms with Crippen LogP contribution < -0.4 is 20.9 Å². The predicted molar refractivity (Wildman–Crippen MR) is 89.5 cm³/mol. The van der Waals surface area contributed by atoms with Gasteiger partial charge in [-0.15, -0.1) is 0 Å². The number of carbonyl (C=O) groups is 2. The number of urea groups is 1. The topological polar surface area (TPSA) is 73.5 Å². The Morgan fingerprint density at radius 2 is 1.96 bits per heavy atom. The van der Waals surface area contributed by atoms with Crippen LogP contribution >= 0.6 is 0 Å². The average molecular weight is 316 g/mol. The highest BCUT2D eigenvalue weighted by atomic mass is 16.2. The smallest absolute Gasteiger partial charge is 0.315 e. The monoisotopic (exact) mass is 316 g/mol. The van der Waals surface area contributed by atoms with Gasteiger partial charge in [-0.3, -0.25) is 4.79 Å². The van der Waals surface area contributed by atoms with Crippen molar-refractivity contribution in [3.63, 3.8) is 0 Å². The van der Waals surface area contributed by atoms with Gasteiger partial charge in [-0.1, -0.05) is 19.1 Å². The molecule has 1 aromatic carbocycles. The normalized spacial score (nSPS) is 21.7. The lowest BCUT2D eigenvalue weighted by Crippen LogP contribution is -2.50. The minimum Gasteiger partial charge on any atom is -0.371 e. The number of rotatable bonds is 4. The van der Waals surface area contributed by atoms with Crippen molar-refractivity contribution in [3.05, 3.63) is 29.8 Å². The van der Waals surface area contributed by atoms with Gasteiger partial charge in [0.05, 0.1) is 0 Å². The molecule has 2 heterocycles. The first kappa shape index (κ1) is 15.6. The molecule has 3 amide bonds. The van der Waals surface area contributed by atoms with E-state index in [1.54, 1.807) is 0 Å². The lowest BCUT2D eigenvalue weighted by Gasteiger charge is -2.34. The molecule has 1 aromatic rings. The van der Waals surface area contributed by atoms with E-state index in [4.69, 9.17) is 0 Å². The molecule has 0 spiro atoms. The Bertz CT molecular complexity index is 564. The molecular weight excluding hydrogens is 292 g/mol. The molecule has 0 saturated carbocycles. The van der Waals surface area contributed by atoms with Crippen LogP contribution in [0.25, 0.3) is 0 Å². The molecule has 0 aromatic heterocycles. The van der Waals surface area contributed by atoms with Crippen molar-refractivity contribution in [1.29, 1.82) is 0 Å². The van der Waals surface area contributed by atoms with Crippen LogP contribution in [-0.4, -0.2) is 43.7 Å². The highest BCUT2D eigenvalue weighted by Gasteiger charge is 2.29. The van der Waals surface area contributed by atoms with Gasteiger partial charge in [-0.25, -0.2) is 4.79 Å². The van der Waals surface area contributed by atoms with E-state index < -0.39 is 6.04 Å². The molecule has 2 fully saturated rings. The van der Waals surface area contributed by atoms with E-state index >= 15 is 0 Å². The second kappa shape index (κ2) is 6.89. The molecular formula is C17H24N4O2. The number of piperidine rings is 1. The molecule has 3 N–H and O–H groups in total. The molecule has 1 unspecified atom stereocenters. The summed E-state index contributed by atoms with van der Waals surface area (Å²) >= 11 is 0. The Morgan fingerprint density at radius 3 is 2.52 bits per heavy atom. The molecule has 2 aliphatic rings. The maximum Gasteiger partial charge on any atom is 0.315 e. The van der Waals surface area contributed by atoms with Crippen molar-refractivity contribution in [1.82, 2.24) is 16.0 Å². The van der Waals surface area contributed by atoms with Gasteiger partial charge in [0.2, 0.25) is 5.91 Å². The van der Waals surface area contributed by atoms with Crippen LogP contribution in [0, 0.1) is 0 Å². The summed E-state index contributed by atoms with van der Waals surface area (Å²) in [5.74, 6) is -0.0888. The van der Waals surface area contributed by atoms with Crippen LogP contribution in [0.15, 0.2) is 24.3 Å². The summed E-state index contributed by atoms with van der Waals surface area (Å²) in [5, 5.41) is 8.27. The zero-order valence-electron chi connectivity index (χ0n) is 13.5. The van der Waals surface area contributed by atoms with Crippen molar-refractivity contribution in [2.45, 2.75) is 38.3 Å². The first-order valence-electron chi connectivity index (χ1n) is 8.34. The molecule has 0 aliphatic carbocycles. The Balaban J connectivity index is 1.48. The fraction of sp³-hybridized carbons (Fsp3) is 0.529. The SMILES string of the molecule is CCc1ccc(N2CCC(NC(=O)C3CNC(=O)N3)CC2)cc1. The van der Waals surface area contributed by atoms with Crippen LogP contribution in [0.2, 0.25) is 0 Å². The number of hydrogen-bond donors (Lipinski definition) is 3. The summed E-state index contributed by atoms with van der Waals surface area (Å²) in [6.45, 7) is 4.40. The van der Waals surface area contributed by atoms with E-state index in [9.17, 15) is 9.59 Å². The number of benzene rings is 1. The summed E-state index contributed by atoms with van der Waals surface area (Å²) in [4.78, 5) is 25.6. The van der Waals surface area contributed by atoms with Gasteiger partial charge in [0.15, 0.2) is 0 Å². The third-order valence-electron chi connectivity index (χ3n) is 4.64. The summed E-state index contributed by atoms with van der Waals surface area (Å²) in [7, 11) is 0. The van der Waals surface area contributed by atoms with E-state index in [0.29, 0.717) is 6.54 Å². The van der Waals surface area contributed by atoms with Crippen molar-refractivity contribution >= 4 is 17.6 Å². The van der Waals surface area contributed by atoms with E-state index in [1.807, 2.05) is 0 Å². The summed E-state index contributed by atoms with van der Waals surface area (Å²) in [6, 6.07) is 8.19. The first-order valence-corrected chi connectivity index (χ1v) is 8.34. The minimum absolute atomic E-state index is 0.0888. The largest absolute Gasteiger partial charge is 0.371 e. The number of amides is 3. The minimum atomic E-state index is -0.442. The number of carbonyl (C=O) groups excluding carboxylic acids is 2. The quantitative estimate of drug-likeness (QED) is 0.776. The number of aryl methyl sites for hydroxylation is 1. The summed E-state index contributed by atoms with van der Waals surface area (Å²) < 4.78 is 0. The maximum atomic E-state index is 12.1. The van der Waals surface area contributed by atoms with Crippen molar-refractivity contribution in [3.8, 4) is 0 Å². The molecule has 0 radical (unpaired) electrons. The van der Waals surface area contributed by atoms with Gasteiger partial charge in [0.1, 0.15) is 6.04 Å². The zero-order chi connectivity index (χ0) is 16.2. The second-order valence-corrected chi connectivity index (χ2v) is 6.20. The standard InChI is InChI=1S/C17H24N4O2/c1-2-12-3-5-14(6-4-12)21-9-7-13(8-10-21)19-16(22)15-11-18-17(23)20-15/h3-6,13,15H,2,7-11H2,1H3,(H,19,22)(H2,18,20,23). The maximum absolute atomic E-state index is 12.1. The van der Waals surface area contributed by atoms with E-state index in [-0.39, 0.29) is 18.0 Å². The first-order chi connectivity index (χ1) is 11.2. The fourth-order valence-corrected chi connectivity index (χ4v) is 3.14. The van der Waals surface area contributed by atoms with Crippen molar-refractivity contribution in [2.24, 2.45) is 0 Å². The molecule has 6 nitrogen and oxygen atoms in total. The number of nitrogens with zero attached hydrogens (tertiary/aromatic N) is 1. The van der Waals surface area contributed by atoms with Crippen molar-refractivity contribution in [2.75, 3.05) is 24.5 Å². The van der Waals surface area contributed by atoms with Gasteiger partial charge >= 0.3 is 6.03 Å². The highest BCUT2D eigenvalue weighted by Crippen LogP contribution is 2.20. The molecule has 2 aliphatic heterocycles. The van der Waals surface area contributed by atoms with Crippen LogP contribution in [0.4, 0.5) is 10.5 Å². The number of anilines is 1. The Hall–Kier alpha value is -2.24. The van der Waals surface area contributed by atoms with Crippen LogP contribution in [0.3, 0.4) is 0 Å². The number of nitrogens with one attached hydrogen (secondary N) is 3. The van der Waals surface area contributed by atoms with Gasteiger partial charge < -0.3 is 20.9 Å². The molecule has 3 rings (SSSR count). The van der Waals surface area contributed by atoms with E-state index in [1.165, 1.54) is 11.3 Å². The molecule has 6 heteroatoms. The van der Waals surface area contributed by atoms with E-state index in [2.05, 4.69) is 52.0 Å². The zero-order valence-corrected chi connectivity index (χ0v) is 13.5. The summed E-state index contributed by atoms with van der Waals surface area (Å²) in [6.07, 6.45) is 2.91. The molecule has 0 bridgehead atoms. The fourth-order valence-electron chi connectivity index (χ4n) is 3.14. The predicted octanol–water partition coefficient (Wildman–Crippen LogP) is 1.02. The van der Waals surface area contributed by atoms with Crippen molar-refractivity contribution < 1.29 is 9.59 Å². The average Bonchev–Trinajstić information content (AvgIpc) is 3.02. The van der Waals surface area contributed by atoms with Crippen LogP contribution in [-0.2, 0) is 11.2 Å². The van der Waals surface area contributed by atoms with E-state index in [0.717, 1.165) is 32.4 Å². The van der Waals surface area contributed by atoms with Gasteiger partial charge in [-0.05, 0) is 37.0 Å². The van der Waals surface area contributed by atoms with Gasteiger partial charge in [-0.2, -0.15) is 0 Å². The Labute approximate surface area is 136 Å². The Kier molecular flexibility index (Phi) is 4.69. The third-order valence-corrected chi connectivity index (χ3v) is 4.64. The Morgan fingerprint density at radius 1 is 1.26 bits per heavy atom. The molecule has 1 atom stereocenters. The van der Waals surface area contributed by atoms with Gasteiger partial charge in [0, 0.05) is 31.4 Å². The third kappa shape index (κ3) is 3.75. The summed E-state index contributed by atoms with van der Waals surface area (Å²) in [5.41, 5.74) is 2.60. The lowest BCUT2D eigenvalue weighted by atomic mass is 10.0. The lowest BCUT2D eigenvalue weighted by molar-refractivity contribution is -0.123. The molecule has 23 heavy (non-hydrogen) atoms. The van der Waals surface area contributed by atoms with Crippen LogP contribution in [0.5, 0.6) is 0 Å². The molecule has 2 saturated heterocycles.